The summed E-state index contributed by atoms with van der Waals surface area (Å²) in [4.78, 5) is 0. The van der Waals surface area contributed by atoms with E-state index >= 15 is 0 Å². The van der Waals surface area contributed by atoms with Crippen LogP contribution in [0.2, 0.25) is 0 Å². The van der Waals surface area contributed by atoms with Crippen LogP contribution in [0.3, 0.4) is 0 Å². The molecule has 6 heteroatoms. The molecule has 0 aromatic heterocycles. The number of guanidine groups is 1. The van der Waals surface area contributed by atoms with Gasteiger partial charge in [-0.25, -0.2) is 0 Å². The molecule has 0 bridgehead atoms. The minimum atomic E-state index is -0.0693. The van der Waals surface area contributed by atoms with Gasteiger partial charge in [0.15, 0.2) is 5.96 Å². The Morgan fingerprint density at radius 3 is 3.06 bits per heavy atom. The summed E-state index contributed by atoms with van der Waals surface area (Å²) in [5.41, 5.74) is 6.13. The van der Waals surface area contributed by atoms with Crippen molar-refractivity contribution in [2.75, 3.05) is 12.4 Å². The average molecular weight is 243 g/mol. The van der Waals surface area contributed by atoms with Gasteiger partial charge in [-0.15, -0.1) is 0 Å². The molecule has 1 aromatic carbocycles. The number of nitrogens with two attached hydrogens (primary N) is 1. The summed E-state index contributed by atoms with van der Waals surface area (Å²) in [6.45, 7) is 0.815. The molecule has 1 rings (SSSR count). The van der Waals surface area contributed by atoms with Crippen molar-refractivity contribution in [1.82, 2.24) is 5.32 Å². The van der Waals surface area contributed by atoms with Gasteiger partial charge in [0.2, 0.25) is 0 Å². The summed E-state index contributed by atoms with van der Waals surface area (Å²) < 4.78 is 17.1. The summed E-state index contributed by atoms with van der Waals surface area (Å²) in [7, 11) is 0. The quantitative estimate of drug-likeness (QED) is 0.404. The van der Waals surface area contributed by atoms with E-state index in [0.717, 1.165) is 5.56 Å². The number of hydrogen-bond acceptors (Lipinski definition) is 3. The Morgan fingerprint density at radius 1 is 1.56 bits per heavy atom. The van der Waals surface area contributed by atoms with E-state index in [1.54, 1.807) is 6.07 Å². The number of rotatable bonds is 6. The third kappa shape index (κ3) is 4.88. The molecule has 0 unspecified atom stereocenters. The zero-order valence-corrected chi connectivity index (χ0v) is 9.52. The molecule has 4 nitrogen and oxygen atoms in total. The van der Waals surface area contributed by atoms with Gasteiger partial charge in [-0.1, -0.05) is 12.1 Å². The van der Waals surface area contributed by atoms with E-state index in [0.29, 0.717) is 24.7 Å². The fourth-order valence-electron chi connectivity index (χ4n) is 1.13. The monoisotopic (exact) mass is 243 g/mol. The van der Waals surface area contributed by atoms with E-state index in [9.17, 15) is 3.89 Å². The number of nitrogens with one attached hydrogen (secondary N) is 2. The van der Waals surface area contributed by atoms with Gasteiger partial charge in [0.25, 0.3) is 0 Å². The van der Waals surface area contributed by atoms with Crippen LogP contribution in [0.15, 0.2) is 24.3 Å². The molecule has 0 aliphatic carbocycles. The Labute approximate surface area is 98.2 Å². The lowest BCUT2D eigenvalue weighted by Crippen LogP contribution is -2.29. The van der Waals surface area contributed by atoms with Crippen LogP contribution in [0.4, 0.5) is 3.89 Å². The van der Waals surface area contributed by atoms with Crippen LogP contribution in [-0.2, 0) is 6.54 Å². The molecular weight excluding hydrogens is 229 g/mol. The fourth-order valence-corrected chi connectivity index (χ4v) is 1.28. The molecule has 0 aliphatic rings. The number of ether oxygens (including phenoxy) is 1. The van der Waals surface area contributed by atoms with Gasteiger partial charge in [0.05, 0.1) is 12.4 Å². The lowest BCUT2D eigenvalue weighted by atomic mass is 10.2. The topological polar surface area (TPSA) is 71.1 Å². The maximum Gasteiger partial charge on any atom is 0.185 e. The second-order valence-corrected chi connectivity index (χ2v) is 3.70. The molecule has 0 aliphatic heterocycles. The van der Waals surface area contributed by atoms with Gasteiger partial charge >= 0.3 is 0 Å². The van der Waals surface area contributed by atoms with Crippen LogP contribution >= 0.6 is 12.1 Å². The molecule has 88 valence electrons. The van der Waals surface area contributed by atoms with Gasteiger partial charge in [0.1, 0.15) is 5.75 Å². The van der Waals surface area contributed by atoms with Crippen molar-refractivity contribution in [1.29, 1.82) is 5.41 Å². The molecule has 4 N–H and O–H groups in total. The van der Waals surface area contributed by atoms with Crippen LogP contribution < -0.4 is 15.8 Å². The highest BCUT2D eigenvalue weighted by Crippen LogP contribution is 2.13. The highest BCUT2D eigenvalue weighted by atomic mass is 32.2. The summed E-state index contributed by atoms with van der Waals surface area (Å²) in [6, 6.07) is 7.38. The van der Waals surface area contributed by atoms with Crippen molar-refractivity contribution in [2.45, 2.75) is 6.54 Å². The Balaban J connectivity index is 2.46. The van der Waals surface area contributed by atoms with Crippen LogP contribution in [0.1, 0.15) is 5.56 Å². The van der Waals surface area contributed by atoms with Crippen molar-refractivity contribution in [3.05, 3.63) is 29.8 Å². The Hall–Kier alpha value is -1.43. The summed E-state index contributed by atoms with van der Waals surface area (Å²) >= 11 is 0.257. The van der Waals surface area contributed by atoms with Crippen molar-refractivity contribution in [3.8, 4) is 5.75 Å². The third-order valence-electron chi connectivity index (χ3n) is 1.81. The van der Waals surface area contributed by atoms with Crippen molar-refractivity contribution in [2.24, 2.45) is 5.73 Å². The van der Waals surface area contributed by atoms with E-state index in [1.165, 1.54) is 0 Å². The lowest BCUT2D eigenvalue weighted by molar-refractivity contribution is 0.343. The molecular formula is C10H14FN3OS. The third-order valence-corrected chi connectivity index (χ3v) is 2.13. The lowest BCUT2D eigenvalue weighted by Gasteiger charge is -2.07. The smallest absolute Gasteiger partial charge is 0.185 e. The van der Waals surface area contributed by atoms with Crippen LogP contribution in [0.25, 0.3) is 0 Å². The molecule has 1 aromatic rings. The molecule has 0 fully saturated rings. The van der Waals surface area contributed by atoms with Gasteiger partial charge in [0, 0.05) is 18.7 Å². The molecule has 0 saturated heterocycles. The molecule has 0 atom stereocenters. The molecule has 0 spiro atoms. The van der Waals surface area contributed by atoms with Gasteiger partial charge in [-0.3, -0.25) is 5.41 Å². The van der Waals surface area contributed by atoms with Crippen LogP contribution in [0.5, 0.6) is 5.75 Å². The van der Waals surface area contributed by atoms with Crippen molar-refractivity contribution < 1.29 is 8.62 Å². The van der Waals surface area contributed by atoms with E-state index < -0.39 is 0 Å². The fraction of sp³-hybridized carbons (Fsp3) is 0.300. The molecule has 0 radical (unpaired) electrons. The SMILES string of the molecule is N=C(N)NCc1cccc(OCCSF)c1. The highest BCUT2D eigenvalue weighted by Gasteiger charge is 1.97. The van der Waals surface area contributed by atoms with Crippen molar-refractivity contribution in [3.63, 3.8) is 0 Å². The van der Waals surface area contributed by atoms with E-state index in [2.05, 4.69) is 5.32 Å². The number of halogens is 1. The van der Waals surface area contributed by atoms with E-state index in [4.69, 9.17) is 15.9 Å². The molecule has 0 heterocycles. The van der Waals surface area contributed by atoms with Gasteiger partial charge < -0.3 is 15.8 Å². The molecule has 0 saturated carbocycles. The molecule has 16 heavy (non-hydrogen) atoms. The van der Waals surface area contributed by atoms with Crippen LogP contribution in [-0.4, -0.2) is 18.3 Å². The van der Waals surface area contributed by atoms with Crippen LogP contribution in [0, 0.1) is 5.41 Å². The van der Waals surface area contributed by atoms with E-state index in [1.807, 2.05) is 18.2 Å². The molecule has 0 amide bonds. The first-order chi connectivity index (χ1) is 7.72. The Bertz CT molecular complexity index is 349. The second kappa shape index (κ2) is 6.95. The first-order valence-corrected chi connectivity index (χ1v) is 5.64. The summed E-state index contributed by atoms with van der Waals surface area (Å²) in [5.74, 6) is 0.938. The summed E-state index contributed by atoms with van der Waals surface area (Å²) in [6.07, 6.45) is 0. The van der Waals surface area contributed by atoms with Gasteiger partial charge in [-0.2, -0.15) is 3.89 Å². The Morgan fingerprint density at radius 2 is 2.38 bits per heavy atom. The predicted molar refractivity (Wildman–Crippen MR) is 64.3 cm³/mol. The predicted octanol–water partition coefficient (Wildman–Crippen LogP) is 1.67. The number of benzene rings is 1. The zero-order valence-electron chi connectivity index (χ0n) is 8.70. The zero-order chi connectivity index (χ0) is 11.8. The number of hydrogen-bond donors (Lipinski definition) is 3. The van der Waals surface area contributed by atoms with Crippen molar-refractivity contribution >= 4 is 18.1 Å². The van der Waals surface area contributed by atoms with E-state index in [-0.39, 0.29) is 18.1 Å². The Kier molecular flexibility index (Phi) is 5.49. The minimum absolute atomic E-state index is 0.0693. The average Bonchev–Trinajstić information content (AvgIpc) is 2.27. The maximum absolute atomic E-state index is 11.8. The summed E-state index contributed by atoms with van der Waals surface area (Å²) in [5, 5.41) is 9.72. The van der Waals surface area contributed by atoms with Gasteiger partial charge in [-0.05, 0) is 17.7 Å². The minimum Gasteiger partial charge on any atom is -0.493 e. The first-order valence-electron chi connectivity index (χ1n) is 4.75. The maximum atomic E-state index is 11.8. The first kappa shape index (κ1) is 12.6. The normalized spacial score (nSPS) is 9.81. The highest BCUT2D eigenvalue weighted by molar-refractivity contribution is 7.94. The largest absolute Gasteiger partial charge is 0.493 e. The standard InChI is InChI=1S/C10H14FN3OS/c11-16-5-4-15-9-3-1-2-8(6-9)7-14-10(12)13/h1-3,6H,4-5,7H2,(H4,12,13,14). The second-order valence-electron chi connectivity index (χ2n) is 3.08.